The SMILES string of the molecule is COC1=CN=C(OC)c2ncccc2C1. The van der Waals surface area contributed by atoms with Crippen LogP contribution in [0.4, 0.5) is 0 Å². The second-order valence-corrected chi connectivity index (χ2v) is 3.13. The van der Waals surface area contributed by atoms with Gasteiger partial charge in [-0.05, 0) is 11.6 Å². The normalized spacial score (nSPS) is 14.5. The molecule has 0 spiro atoms. The molecule has 4 nitrogen and oxygen atoms in total. The number of rotatable bonds is 1. The van der Waals surface area contributed by atoms with E-state index in [0.717, 1.165) is 17.0 Å². The van der Waals surface area contributed by atoms with Crippen LogP contribution in [0.1, 0.15) is 11.3 Å². The van der Waals surface area contributed by atoms with Crippen molar-refractivity contribution in [1.82, 2.24) is 4.98 Å². The van der Waals surface area contributed by atoms with Crippen molar-refractivity contribution in [3.05, 3.63) is 41.5 Å². The van der Waals surface area contributed by atoms with Crippen molar-refractivity contribution in [2.24, 2.45) is 4.99 Å². The maximum atomic E-state index is 5.19. The minimum Gasteiger partial charge on any atom is -0.499 e. The molecule has 0 aromatic carbocycles. The molecule has 1 aliphatic heterocycles. The first kappa shape index (κ1) is 9.71. The fourth-order valence-corrected chi connectivity index (χ4v) is 1.47. The number of aromatic nitrogens is 1. The van der Waals surface area contributed by atoms with E-state index in [1.165, 1.54) is 0 Å². The molecular weight excluding hydrogens is 192 g/mol. The zero-order valence-corrected chi connectivity index (χ0v) is 8.73. The van der Waals surface area contributed by atoms with Gasteiger partial charge in [-0.1, -0.05) is 6.07 Å². The van der Waals surface area contributed by atoms with Crippen LogP contribution in [0.2, 0.25) is 0 Å². The number of hydrogen-bond donors (Lipinski definition) is 0. The molecule has 0 radical (unpaired) electrons. The van der Waals surface area contributed by atoms with Crippen LogP contribution in [-0.2, 0) is 15.9 Å². The summed E-state index contributed by atoms with van der Waals surface area (Å²) < 4.78 is 10.4. The Morgan fingerprint density at radius 1 is 1.27 bits per heavy atom. The van der Waals surface area contributed by atoms with E-state index < -0.39 is 0 Å². The van der Waals surface area contributed by atoms with E-state index in [9.17, 15) is 0 Å². The lowest BCUT2D eigenvalue weighted by Crippen LogP contribution is -2.08. The molecule has 4 heteroatoms. The number of methoxy groups -OCH3 is 2. The molecule has 0 fully saturated rings. The van der Waals surface area contributed by atoms with Gasteiger partial charge < -0.3 is 9.47 Å². The fraction of sp³-hybridized carbons (Fsp3) is 0.273. The molecule has 1 aliphatic rings. The second-order valence-electron chi connectivity index (χ2n) is 3.13. The topological polar surface area (TPSA) is 43.7 Å². The third-order valence-corrected chi connectivity index (χ3v) is 2.24. The van der Waals surface area contributed by atoms with E-state index in [-0.39, 0.29) is 0 Å². The van der Waals surface area contributed by atoms with Crippen molar-refractivity contribution in [3.63, 3.8) is 0 Å². The van der Waals surface area contributed by atoms with Gasteiger partial charge in [-0.3, -0.25) is 4.98 Å². The van der Waals surface area contributed by atoms with Crippen LogP contribution >= 0.6 is 0 Å². The number of ether oxygens (including phenoxy) is 2. The highest BCUT2D eigenvalue weighted by atomic mass is 16.5. The molecule has 1 aromatic rings. The smallest absolute Gasteiger partial charge is 0.240 e. The van der Waals surface area contributed by atoms with Gasteiger partial charge >= 0.3 is 0 Å². The Bertz CT molecular complexity index is 424. The number of nitrogens with zero attached hydrogens (tertiary/aromatic N) is 2. The molecule has 0 saturated carbocycles. The van der Waals surface area contributed by atoms with Crippen molar-refractivity contribution < 1.29 is 9.47 Å². The van der Waals surface area contributed by atoms with Crippen LogP contribution < -0.4 is 0 Å². The lowest BCUT2D eigenvalue weighted by atomic mass is 10.1. The average Bonchev–Trinajstić information content (AvgIpc) is 2.47. The molecule has 0 aliphatic carbocycles. The van der Waals surface area contributed by atoms with E-state index in [2.05, 4.69) is 9.98 Å². The van der Waals surface area contributed by atoms with Gasteiger partial charge in [0.05, 0.1) is 20.4 Å². The Kier molecular flexibility index (Phi) is 2.67. The van der Waals surface area contributed by atoms with Gasteiger partial charge in [-0.25, -0.2) is 4.99 Å². The molecule has 0 atom stereocenters. The minimum atomic E-state index is 0.526. The summed E-state index contributed by atoms with van der Waals surface area (Å²) in [6.07, 6.45) is 4.09. The highest BCUT2D eigenvalue weighted by molar-refractivity contribution is 5.94. The first-order chi connectivity index (χ1) is 7.35. The van der Waals surface area contributed by atoms with Crippen molar-refractivity contribution in [3.8, 4) is 0 Å². The number of allylic oxidation sites excluding steroid dienone is 1. The van der Waals surface area contributed by atoms with Crippen LogP contribution in [0.5, 0.6) is 0 Å². The maximum Gasteiger partial charge on any atom is 0.240 e. The molecule has 0 N–H and O–H groups in total. The van der Waals surface area contributed by atoms with Gasteiger partial charge in [0.2, 0.25) is 5.90 Å². The summed E-state index contributed by atoms with van der Waals surface area (Å²) in [6, 6.07) is 3.89. The van der Waals surface area contributed by atoms with E-state index >= 15 is 0 Å². The van der Waals surface area contributed by atoms with Crippen molar-refractivity contribution in [1.29, 1.82) is 0 Å². The Morgan fingerprint density at radius 3 is 2.87 bits per heavy atom. The third-order valence-electron chi connectivity index (χ3n) is 2.24. The van der Waals surface area contributed by atoms with Gasteiger partial charge in [-0.15, -0.1) is 0 Å². The second kappa shape index (κ2) is 4.13. The summed E-state index contributed by atoms with van der Waals surface area (Å²) in [5, 5.41) is 0. The molecule has 0 unspecified atom stereocenters. The lowest BCUT2D eigenvalue weighted by Gasteiger charge is -2.06. The van der Waals surface area contributed by atoms with Crippen molar-refractivity contribution >= 4 is 5.90 Å². The number of aliphatic imine (C=N–C) groups is 1. The highest BCUT2D eigenvalue weighted by Crippen LogP contribution is 2.17. The molecule has 0 bridgehead atoms. The monoisotopic (exact) mass is 204 g/mol. The van der Waals surface area contributed by atoms with E-state index in [1.807, 2.05) is 12.1 Å². The zero-order valence-electron chi connectivity index (χ0n) is 8.73. The third kappa shape index (κ3) is 1.83. The molecule has 0 amide bonds. The number of hydrogen-bond acceptors (Lipinski definition) is 4. The Hall–Kier alpha value is -1.84. The Balaban J connectivity index is 2.49. The molecule has 2 heterocycles. The molecule has 1 aromatic heterocycles. The summed E-state index contributed by atoms with van der Waals surface area (Å²) in [4.78, 5) is 8.44. The van der Waals surface area contributed by atoms with Crippen LogP contribution in [0.15, 0.2) is 35.3 Å². The standard InChI is InChI=1S/C11H12N2O2/c1-14-9-6-8-4-3-5-12-10(8)11(15-2)13-7-9/h3-5,7H,6H2,1-2H3. The van der Waals surface area contributed by atoms with Gasteiger partial charge in [0.25, 0.3) is 0 Å². The van der Waals surface area contributed by atoms with E-state index in [1.54, 1.807) is 26.6 Å². The van der Waals surface area contributed by atoms with Crippen molar-refractivity contribution in [2.75, 3.05) is 14.2 Å². The fourth-order valence-electron chi connectivity index (χ4n) is 1.47. The van der Waals surface area contributed by atoms with Crippen molar-refractivity contribution in [2.45, 2.75) is 6.42 Å². The molecule has 78 valence electrons. The number of fused-ring (bicyclic) bond motifs is 1. The van der Waals surface area contributed by atoms with Gasteiger partial charge in [0, 0.05) is 12.6 Å². The van der Waals surface area contributed by atoms with Crippen LogP contribution in [0.25, 0.3) is 0 Å². The quantitative estimate of drug-likeness (QED) is 0.696. The summed E-state index contributed by atoms with van der Waals surface area (Å²) in [7, 11) is 3.22. The van der Waals surface area contributed by atoms with E-state index in [0.29, 0.717) is 12.3 Å². The minimum absolute atomic E-state index is 0.526. The van der Waals surface area contributed by atoms with Gasteiger partial charge in [-0.2, -0.15) is 0 Å². The first-order valence-corrected chi connectivity index (χ1v) is 4.64. The molecule has 0 saturated heterocycles. The van der Waals surface area contributed by atoms with Gasteiger partial charge in [0.1, 0.15) is 11.5 Å². The average molecular weight is 204 g/mol. The summed E-state index contributed by atoms with van der Waals surface area (Å²) in [5.74, 6) is 1.33. The van der Waals surface area contributed by atoms with Crippen LogP contribution in [0, 0.1) is 0 Å². The predicted molar refractivity (Wildman–Crippen MR) is 56.6 cm³/mol. The highest BCUT2D eigenvalue weighted by Gasteiger charge is 2.15. The van der Waals surface area contributed by atoms with E-state index in [4.69, 9.17) is 9.47 Å². The van der Waals surface area contributed by atoms with Crippen LogP contribution in [-0.4, -0.2) is 25.1 Å². The predicted octanol–water partition coefficient (Wildman–Crippen LogP) is 1.52. The summed E-state index contributed by atoms with van der Waals surface area (Å²) in [5.41, 5.74) is 1.84. The summed E-state index contributed by atoms with van der Waals surface area (Å²) in [6.45, 7) is 0. The van der Waals surface area contributed by atoms with Gasteiger partial charge in [0.15, 0.2) is 0 Å². The molecule has 2 rings (SSSR count). The maximum absolute atomic E-state index is 5.19. The molecular formula is C11H12N2O2. The zero-order chi connectivity index (χ0) is 10.7. The Morgan fingerprint density at radius 2 is 2.13 bits per heavy atom. The first-order valence-electron chi connectivity index (χ1n) is 4.64. The molecule has 15 heavy (non-hydrogen) atoms. The largest absolute Gasteiger partial charge is 0.499 e. The number of pyridine rings is 1. The summed E-state index contributed by atoms with van der Waals surface area (Å²) >= 11 is 0. The van der Waals surface area contributed by atoms with Crippen LogP contribution in [0.3, 0.4) is 0 Å². The lowest BCUT2D eigenvalue weighted by molar-refractivity contribution is 0.282. The Labute approximate surface area is 88.3 Å².